The van der Waals surface area contributed by atoms with Crippen molar-refractivity contribution in [2.24, 2.45) is 11.3 Å². The summed E-state index contributed by atoms with van der Waals surface area (Å²) in [6.45, 7) is 1.24. The molecule has 11 nitrogen and oxygen atoms in total. The van der Waals surface area contributed by atoms with Crippen LogP contribution in [0.4, 0.5) is 10.5 Å². The standard InChI is InChI=1S/C32H41N7O4/c1-33-29(42)32(38-19-31(12-13-31)18-34-30(38)43)16-21-7-8-23(15-22(21)17-32)36-28(41)26(20-5-3-2-4-6-20)37-27(40)25-11-14-35-39(25)24-9-10-24/h7-8,11,14-15,20,24,26H,2-6,9-10,12-13,16-19H2,1H3,(H,33,42)(H,34,43)(H,36,41)(H,37,40). The maximum atomic E-state index is 13.8. The minimum atomic E-state index is -1.01. The molecule has 5 aliphatic rings. The first-order valence-electron chi connectivity index (χ1n) is 15.9. The fourth-order valence-electron chi connectivity index (χ4n) is 7.52. The first kappa shape index (κ1) is 27.9. The van der Waals surface area contributed by atoms with Gasteiger partial charge in [0.2, 0.25) is 11.8 Å². The molecule has 3 saturated carbocycles. The van der Waals surface area contributed by atoms with Gasteiger partial charge in [-0.3, -0.25) is 19.1 Å². The van der Waals surface area contributed by atoms with Crippen LogP contribution in [0.5, 0.6) is 0 Å². The first-order valence-corrected chi connectivity index (χ1v) is 15.9. The first-order chi connectivity index (χ1) is 20.8. The summed E-state index contributed by atoms with van der Waals surface area (Å²) >= 11 is 0. The number of carbonyl (C=O) groups is 4. The number of urea groups is 1. The monoisotopic (exact) mass is 587 g/mol. The Kier molecular flexibility index (Phi) is 6.93. The van der Waals surface area contributed by atoms with Crippen LogP contribution in [-0.4, -0.2) is 70.2 Å². The van der Waals surface area contributed by atoms with Gasteiger partial charge in [-0.25, -0.2) is 4.79 Å². The van der Waals surface area contributed by atoms with E-state index in [0.29, 0.717) is 37.3 Å². The van der Waals surface area contributed by atoms with Crippen LogP contribution >= 0.6 is 0 Å². The smallest absolute Gasteiger partial charge is 0.318 e. The molecule has 228 valence electrons. The largest absolute Gasteiger partial charge is 0.357 e. The van der Waals surface area contributed by atoms with E-state index in [-0.39, 0.29) is 41.1 Å². The Balaban J connectivity index is 1.10. The third-order valence-corrected chi connectivity index (χ3v) is 10.4. The van der Waals surface area contributed by atoms with Crippen LogP contribution in [0.1, 0.15) is 85.4 Å². The quantitative estimate of drug-likeness (QED) is 0.377. The van der Waals surface area contributed by atoms with E-state index in [0.717, 1.165) is 68.9 Å². The van der Waals surface area contributed by atoms with Crippen molar-refractivity contribution in [2.75, 3.05) is 25.5 Å². The number of likely N-dealkylation sites (N-methyl/N-ethyl adjacent to an activating group) is 1. The molecule has 1 saturated heterocycles. The number of rotatable bonds is 8. The van der Waals surface area contributed by atoms with Crippen molar-refractivity contribution in [1.82, 2.24) is 30.6 Å². The summed E-state index contributed by atoms with van der Waals surface area (Å²) in [5, 5.41) is 16.3. The Bertz CT molecular complexity index is 1460. The van der Waals surface area contributed by atoms with E-state index in [4.69, 9.17) is 0 Å². The zero-order valence-corrected chi connectivity index (χ0v) is 24.8. The molecule has 1 aromatic carbocycles. The molecule has 0 bridgehead atoms. The van der Waals surface area contributed by atoms with Crippen molar-refractivity contribution in [3.05, 3.63) is 47.3 Å². The van der Waals surface area contributed by atoms with Gasteiger partial charge in [0.15, 0.2) is 0 Å². The minimum absolute atomic E-state index is 0.0534. The molecule has 0 radical (unpaired) electrons. The number of carbonyl (C=O) groups excluding carboxylic acids is 4. The molecule has 4 aliphatic carbocycles. The predicted octanol–water partition coefficient (Wildman–Crippen LogP) is 2.92. The molecule has 2 atom stereocenters. The van der Waals surface area contributed by atoms with Gasteiger partial charge in [0.25, 0.3) is 5.91 Å². The lowest BCUT2D eigenvalue weighted by Crippen LogP contribution is -2.67. The average molecular weight is 588 g/mol. The average Bonchev–Trinajstić information content (AvgIpc) is 3.92. The van der Waals surface area contributed by atoms with Gasteiger partial charge >= 0.3 is 6.03 Å². The minimum Gasteiger partial charge on any atom is -0.357 e. The van der Waals surface area contributed by atoms with Gasteiger partial charge in [-0.2, -0.15) is 5.10 Å². The maximum Gasteiger partial charge on any atom is 0.318 e. The number of hydrogen-bond acceptors (Lipinski definition) is 5. The van der Waals surface area contributed by atoms with Gasteiger partial charge in [-0.1, -0.05) is 25.3 Å². The number of nitrogens with zero attached hydrogens (tertiary/aromatic N) is 3. The van der Waals surface area contributed by atoms with Crippen LogP contribution in [0.3, 0.4) is 0 Å². The summed E-state index contributed by atoms with van der Waals surface area (Å²) in [5.74, 6) is -0.627. The van der Waals surface area contributed by atoms with Crippen LogP contribution < -0.4 is 21.3 Å². The Labute approximate surface area is 251 Å². The molecule has 2 aromatic rings. The Morgan fingerprint density at radius 3 is 2.51 bits per heavy atom. The van der Waals surface area contributed by atoms with Crippen molar-refractivity contribution >= 4 is 29.4 Å². The normalized spacial score (nSPS) is 25.0. The molecule has 1 spiro atoms. The highest BCUT2D eigenvalue weighted by Crippen LogP contribution is 2.49. The number of nitrogens with one attached hydrogen (secondary N) is 4. The number of aromatic nitrogens is 2. The summed E-state index contributed by atoms with van der Waals surface area (Å²) in [5.41, 5.74) is 2.11. The molecule has 4 N–H and O–H groups in total. The maximum absolute atomic E-state index is 13.8. The summed E-state index contributed by atoms with van der Waals surface area (Å²) in [6.07, 6.45) is 11.6. The number of benzene rings is 1. The molecular formula is C32H41N7O4. The summed E-state index contributed by atoms with van der Waals surface area (Å²) in [7, 11) is 1.62. The summed E-state index contributed by atoms with van der Waals surface area (Å²) in [4.78, 5) is 55.5. The molecule has 11 heteroatoms. The van der Waals surface area contributed by atoms with Gasteiger partial charge in [0.1, 0.15) is 17.3 Å². The van der Waals surface area contributed by atoms with Crippen LogP contribution in [0.2, 0.25) is 0 Å². The van der Waals surface area contributed by atoms with Gasteiger partial charge in [-0.05, 0) is 73.8 Å². The van der Waals surface area contributed by atoms with E-state index in [1.807, 2.05) is 18.2 Å². The second-order valence-corrected chi connectivity index (χ2v) is 13.4. The highest BCUT2D eigenvalue weighted by molar-refractivity contribution is 6.01. The lowest BCUT2D eigenvalue weighted by molar-refractivity contribution is -0.131. The fraction of sp³-hybridized carbons (Fsp3) is 0.594. The molecule has 43 heavy (non-hydrogen) atoms. The van der Waals surface area contributed by atoms with E-state index in [1.54, 1.807) is 28.9 Å². The second kappa shape index (κ2) is 10.7. The number of amides is 5. The Morgan fingerprint density at radius 1 is 1.02 bits per heavy atom. The fourth-order valence-corrected chi connectivity index (χ4v) is 7.52. The Morgan fingerprint density at radius 2 is 1.79 bits per heavy atom. The molecule has 2 unspecified atom stereocenters. The molecule has 5 amide bonds. The van der Waals surface area contributed by atoms with Gasteiger partial charge < -0.3 is 26.2 Å². The molecule has 7 rings (SSSR count). The number of hydrogen-bond donors (Lipinski definition) is 4. The van der Waals surface area contributed by atoms with Gasteiger partial charge in [0, 0.05) is 50.3 Å². The topological polar surface area (TPSA) is 137 Å². The van der Waals surface area contributed by atoms with Crippen molar-refractivity contribution in [1.29, 1.82) is 0 Å². The van der Waals surface area contributed by atoms with E-state index in [2.05, 4.69) is 26.4 Å². The van der Waals surface area contributed by atoms with Crippen LogP contribution in [0, 0.1) is 11.3 Å². The van der Waals surface area contributed by atoms with Crippen molar-refractivity contribution in [3.8, 4) is 0 Å². The van der Waals surface area contributed by atoms with Crippen molar-refractivity contribution in [3.63, 3.8) is 0 Å². The van der Waals surface area contributed by atoms with E-state index in [1.165, 1.54) is 0 Å². The predicted molar refractivity (Wildman–Crippen MR) is 159 cm³/mol. The third kappa shape index (κ3) is 5.16. The number of fused-ring (bicyclic) bond motifs is 1. The molecule has 4 fully saturated rings. The van der Waals surface area contributed by atoms with Gasteiger partial charge in [-0.15, -0.1) is 0 Å². The second-order valence-electron chi connectivity index (χ2n) is 13.4. The molecule has 1 aromatic heterocycles. The third-order valence-electron chi connectivity index (χ3n) is 10.4. The van der Waals surface area contributed by atoms with Crippen LogP contribution in [-0.2, 0) is 22.4 Å². The highest BCUT2D eigenvalue weighted by atomic mass is 16.2. The zero-order chi connectivity index (χ0) is 29.8. The van der Waals surface area contributed by atoms with Crippen molar-refractivity contribution in [2.45, 2.75) is 88.3 Å². The van der Waals surface area contributed by atoms with Gasteiger partial charge in [0.05, 0.1) is 6.04 Å². The van der Waals surface area contributed by atoms with Crippen molar-refractivity contribution < 1.29 is 19.2 Å². The van der Waals surface area contributed by atoms with Crippen LogP contribution in [0.15, 0.2) is 30.5 Å². The SMILES string of the molecule is CNC(=O)C1(N2CC3(CC3)CNC2=O)Cc2ccc(NC(=O)C(NC(=O)c3ccnn3C3CC3)C3CCCCC3)cc2C1. The summed E-state index contributed by atoms with van der Waals surface area (Å²) < 4.78 is 1.78. The summed E-state index contributed by atoms with van der Waals surface area (Å²) in [6, 6.07) is 6.85. The van der Waals surface area contributed by atoms with E-state index < -0.39 is 11.6 Å². The molecule has 2 heterocycles. The lowest BCUT2D eigenvalue weighted by Gasteiger charge is -2.44. The Hall–Kier alpha value is -3.89. The lowest BCUT2D eigenvalue weighted by atomic mass is 9.83. The number of anilines is 1. The zero-order valence-electron chi connectivity index (χ0n) is 24.8. The van der Waals surface area contributed by atoms with E-state index in [9.17, 15) is 19.2 Å². The van der Waals surface area contributed by atoms with Crippen LogP contribution in [0.25, 0.3) is 0 Å². The highest BCUT2D eigenvalue weighted by Gasteiger charge is 2.57. The van der Waals surface area contributed by atoms with E-state index >= 15 is 0 Å². The molecular weight excluding hydrogens is 546 g/mol. The molecule has 1 aliphatic heterocycles.